The highest BCUT2D eigenvalue weighted by atomic mass is 16.3. The van der Waals surface area contributed by atoms with E-state index in [1.807, 2.05) is 0 Å². The largest absolute Gasteiger partial charge is 0.396 e. The Morgan fingerprint density at radius 3 is 2.88 bits per heavy atom. The highest BCUT2D eigenvalue weighted by molar-refractivity contribution is 5.10. The minimum atomic E-state index is -0.584. The first-order valence-electron chi connectivity index (χ1n) is 5.11. The molecule has 1 aliphatic carbocycles. The lowest BCUT2D eigenvalue weighted by Gasteiger charge is -2.11. The molecule has 16 heavy (non-hydrogen) atoms. The summed E-state index contributed by atoms with van der Waals surface area (Å²) in [5.74, 6) is -0.243. The third-order valence-corrected chi connectivity index (χ3v) is 3.01. The van der Waals surface area contributed by atoms with Crippen molar-refractivity contribution in [3.05, 3.63) is 16.8 Å². The molecule has 1 fully saturated rings. The summed E-state index contributed by atoms with van der Waals surface area (Å²) in [5.41, 5.74) is 4.81. The van der Waals surface area contributed by atoms with E-state index in [0.29, 0.717) is 12.8 Å². The van der Waals surface area contributed by atoms with Crippen molar-refractivity contribution in [2.24, 2.45) is 5.92 Å². The van der Waals surface area contributed by atoms with Crippen molar-refractivity contribution < 1.29 is 10.2 Å². The van der Waals surface area contributed by atoms with Crippen LogP contribution in [0.15, 0.2) is 11.1 Å². The standard InChI is InChI=1S/C9H14N4O3/c10-8-11-4-13(9(16)12-8)6-1-5(3-14)7(15)2-6/h4-7,14-15H,1-3H2,(H2,10,12,16)/t5-,6-,7+/m1/s1. The minimum absolute atomic E-state index is 0.0569. The van der Waals surface area contributed by atoms with Crippen LogP contribution in [0.2, 0.25) is 0 Å². The van der Waals surface area contributed by atoms with Gasteiger partial charge in [-0.2, -0.15) is 4.98 Å². The number of aliphatic hydroxyl groups is 2. The van der Waals surface area contributed by atoms with Gasteiger partial charge in [0, 0.05) is 18.6 Å². The zero-order valence-corrected chi connectivity index (χ0v) is 8.65. The maximum atomic E-state index is 11.5. The summed E-state index contributed by atoms with van der Waals surface area (Å²) < 4.78 is 1.36. The monoisotopic (exact) mass is 226 g/mol. The van der Waals surface area contributed by atoms with Gasteiger partial charge in [0.1, 0.15) is 6.33 Å². The first-order valence-corrected chi connectivity index (χ1v) is 5.11. The molecule has 7 nitrogen and oxygen atoms in total. The average Bonchev–Trinajstić information content (AvgIpc) is 2.59. The van der Waals surface area contributed by atoms with E-state index in [1.54, 1.807) is 0 Å². The lowest BCUT2D eigenvalue weighted by molar-refractivity contribution is 0.0906. The average molecular weight is 226 g/mol. The molecule has 0 radical (unpaired) electrons. The van der Waals surface area contributed by atoms with Crippen LogP contribution in [0.4, 0.5) is 5.95 Å². The summed E-state index contributed by atoms with van der Waals surface area (Å²) in [4.78, 5) is 18.8. The lowest BCUT2D eigenvalue weighted by Crippen LogP contribution is -2.27. The highest BCUT2D eigenvalue weighted by Gasteiger charge is 2.34. The molecule has 0 bridgehead atoms. The van der Waals surface area contributed by atoms with Gasteiger partial charge in [-0.15, -0.1) is 0 Å². The predicted molar refractivity (Wildman–Crippen MR) is 55.6 cm³/mol. The van der Waals surface area contributed by atoms with Crippen LogP contribution < -0.4 is 11.4 Å². The maximum Gasteiger partial charge on any atom is 0.352 e. The molecule has 1 aromatic heterocycles. The van der Waals surface area contributed by atoms with Gasteiger partial charge in [0.2, 0.25) is 5.95 Å². The Labute approximate surface area is 91.6 Å². The summed E-state index contributed by atoms with van der Waals surface area (Å²) in [6.45, 7) is -0.0811. The summed E-state index contributed by atoms with van der Waals surface area (Å²) in [6, 6.07) is -0.166. The van der Waals surface area contributed by atoms with E-state index in [-0.39, 0.29) is 24.5 Å². The van der Waals surface area contributed by atoms with Gasteiger partial charge < -0.3 is 15.9 Å². The number of nitrogen functional groups attached to an aromatic ring is 1. The van der Waals surface area contributed by atoms with E-state index < -0.39 is 11.8 Å². The Kier molecular flexibility index (Phi) is 2.88. The van der Waals surface area contributed by atoms with Crippen molar-refractivity contribution in [3.8, 4) is 0 Å². The van der Waals surface area contributed by atoms with Crippen LogP contribution in [-0.2, 0) is 0 Å². The van der Waals surface area contributed by atoms with E-state index in [1.165, 1.54) is 10.9 Å². The fraction of sp³-hybridized carbons (Fsp3) is 0.667. The second kappa shape index (κ2) is 4.18. The summed E-state index contributed by atoms with van der Waals surface area (Å²) in [5, 5.41) is 18.6. The van der Waals surface area contributed by atoms with Gasteiger partial charge in [0.25, 0.3) is 0 Å². The molecule has 7 heteroatoms. The Bertz CT molecular complexity index is 433. The van der Waals surface area contributed by atoms with Gasteiger partial charge in [-0.1, -0.05) is 0 Å². The van der Waals surface area contributed by atoms with Gasteiger partial charge in [0.05, 0.1) is 6.10 Å². The van der Waals surface area contributed by atoms with Crippen molar-refractivity contribution in [2.45, 2.75) is 25.0 Å². The topological polar surface area (TPSA) is 114 Å². The Morgan fingerprint density at radius 1 is 1.56 bits per heavy atom. The molecule has 88 valence electrons. The number of nitrogens with zero attached hydrogens (tertiary/aromatic N) is 3. The van der Waals surface area contributed by atoms with Gasteiger partial charge in [-0.05, 0) is 12.8 Å². The molecule has 1 aromatic rings. The molecular weight excluding hydrogens is 212 g/mol. The van der Waals surface area contributed by atoms with Crippen LogP contribution in [0.25, 0.3) is 0 Å². The van der Waals surface area contributed by atoms with Crippen LogP contribution >= 0.6 is 0 Å². The number of aromatic nitrogens is 3. The molecule has 0 unspecified atom stereocenters. The molecule has 1 aliphatic rings. The van der Waals surface area contributed by atoms with Gasteiger partial charge in [-0.3, -0.25) is 4.57 Å². The summed E-state index contributed by atoms with van der Waals surface area (Å²) in [7, 11) is 0. The normalized spacial score (nSPS) is 29.5. The molecule has 0 aromatic carbocycles. The predicted octanol–water partition coefficient (Wildman–Crippen LogP) is -1.48. The fourth-order valence-electron chi connectivity index (χ4n) is 2.10. The number of hydrogen-bond acceptors (Lipinski definition) is 6. The second-order valence-electron chi connectivity index (χ2n) is 4.04. The quantitative estimate of drug-likeness (QED) is 0.567. The molecule has 1 saturated carbocycles. The molecular formula is C9H14N4O3. The SMILES string of the molecule is Nc1ncn([C@@H]2C[C@H](CO)[C@@H](O)C2)c(=O)n1. The van der Waals surface area contributed by atoms with Crippen molar-refractivity contribution in [2.75, 3.05) is 12.3 Å². The number of hydrogen-bond donors (Lipinski definition) is 3. The molecule has 4 N–H and O–H groups in total. The van der Waals surface area contributed by atoms with Crippen LogP contribution in [0, 0.1) is 5.92 Å². The summed E-state index contributed by atoms with van der Waals surface area (Å²) in [6.07, 6.45) is 1.73. The number of aliphatic hydroxyl groups excluding tert-OH is 2. The van der Waals surface area contributed by atoms with Crippen LogP contribution in [0.1, 0.15) is 18.9 Å². The molecule has 3 atom stereocenters. The smallest absolute Gasteiger partial charge is 0.352 e. The number of nitrogens with two attached hydrogens (primary N) is 1. The number of rotatable bonds is 2. The molecule has 1 heterocycles. The van der Waals surface area contributed by atoms with Crippen LogP contribution in [0.5, 0.6) is 0 Å². The van der Waals surface area contributed by atoms with Gasteiger partial charge in [0.15, 0.2) is 0 Å². The Morgan fingerprint density at radius 2 is 2.31 bits per heavy atom. The third kappa shape index (κ3) is 1.91. The van der Waals surface area contributed by atoms with E-state index in [2.05, 4.69) is 9.97 Å². The molecule has 0 spiro atoms. The Hall–Kier alpha value is -1.47. The van der Waals surface area contributed by atoms with E-state index in [9.17, 15) is 9.90 Å². The van der Waals surface area contributed by atoms with Gasteiger partial charge >= 0.3 is 5.69 Å². The van der Waals surface area contributed by atoms with E-state index >= 15 is 0 Å². The van der Waals surface area contributed by atoms with Crippen LogP contribution in [0.3, 0.4) is 0 Å². The number of anilines is 1. The van der Waals surface area contributed by atoms with Crippen molar-refractivity contribution in [1.82, 2.24) is 14.5 Å². The first kappa shape index (κ1) is 11.0. The first-order chi connectivity index (χ1) is 7.61. The third-order valence-electron chi connectivity index (χ3n) is 3.01. The Balaban J connectivity index is 2.23. The van der Waals surface area contributed by atoms with Crippen LogP contribution in [-0.4, -0.2) is 37.5 Å². The van der Waals surface area contributed by atoms with Crippen molar-refractivity contribution in [3.63, 3.8) is 0 Å². The highest BCUT2D eigenvalue weighted by Crippen LogP contribution is 2.33. The fourth-order valence-corrected chi connectivity index (χ4v) is 2.10. The maximum absolute atomic E-state index is 11.5. The van der Waals surface area contributed by atoms with Gasteiger partial charge in [-0.25, -0.2) is 9.78 Å². The van der Waals surface area contributed by atoms with Crippen molar-refractivity contribution >= 4 is 5.95 Å². The lowest BCUT2D eigenvalue weighted by atomic mass is 10.1. The molecule has 0 aliphatic heterocycles. The minimum Gasteiger partial charge on any atom is -0.396 e. The summed E-state index contributed by atoms with van der Waals surface area (Å²) >= 11 is 0. The zero-order valence-electron chi connectivity index (χ0n) is 8.65. The van der Waals surface area contributed by atoms with Crippen molar-refractivity contribution in [1.29, 1.82) is 0 Å². The second-order valence-corrected chi connectivity index (χ2v) is 4.04. The molecule has 2 rings (SSSR count). The molecule has 0 saturated heterocycles. The van der Waals surface area contributed by atoms with E-state index in [4.69, 9.17) is 10.8 Å². The molecule has 0 amide bonds. The van der Waals surface area contributed by atoms with E-state index in [0.717, 1.165) is 0 Å². The zero-order chi connectivity index (χ0) is 11.7.